The van der Waals surface area contributed by atoms with Crippen LogP contribution in [0.5, 0.6) is 0 Å². The second-order valence-corrected chi connectivity index (χ2v) is 5.17. The Morgan fingerprint density at radius 3 is 2.55 bits per heavy atom. The predicted octanol–water partition coefficient (Wildman–Crippen LogP) is 2.98. The van der Waals surface area contributed by atoms with Crippen LogP contribution in [-0.4, -0.2) is 17.7 Å². The molecule has 2 aromatic carbocycles. The molecule has 3 heteroatoms. The summed E-state index contributed by atoms with van der Waals surface area (Å²) in [7, 11) is 0. The highest BCUT2D eigenvalue weighted by Gasteiger charge is 2.40. The minimum Gasteiger partial charge on any atom is -0.481 e. The van der Waals surface area contributed by atoms with Crippen molar-refractivity contribution >= 4 is 5.97 Å². The van der Waals surface area contributed by atoms with Crippen LogP contribution in [0.3, 0.4) is 0 Å². The molecule has 0 radical (unpaired) electrons. The van der Waals surface area contributed by atoms with E-state index in [4.69, 9.17) is 4.74 Å². The maximum absolute atomic E-state index is 11.4. The third-order valence-corrected chi connectivity index (χ3v) is 3.92. The Labute approximate surface area is 117 Å². The highest BCUT2D eigenvalue weighted by Crippen LogP contribution is 2.41. The van der Waals surface area contributed by atoms with E-state index in [1.165, 1.54) is 0 Å². The van der Waals surface area contributed by atoms with Gasteiger partial charge in [-0.05, 0) is 16.7 Å². The Morgan fingerprint density at radius 2 is 1.80 bits per heavy atom. The van der Waals surface area contributed by atoms with Crippen molar-refractivity contribution in [1.29, 1.82) is 0 Å². The Kier molecular flexibility index (Phi) is 3.28. The molecule has 1 heterocycles. The Bertz CT molecular complexity index is 621. The van der Waals surface area contributed by atoms with Crippen molar-refractivity contribution in [2.45, 2.75) is 18.4 Å². The average Bonchev–Trinajstić information content (AvgIpc) is 2.48. The average molecular weight is 268 g/mol. The quantitative estimate of drug-likeness (QED) is 0.931. The first-order valence-corrected chi connectivity index (χ1v) is 6.66. The molecule has 0 aromatic heterocycles. The SMILES string of the molecule is O=C(O)C[C@]1(c2ccccc2)COCc2ccccc21. The summed E-state index contributed by atoms with van der Waals surface area (Å²) in [5.41, 5.74) is 2.54. The lowest BCUT2D eigenvalue weighted by molar-refractivity contribution is -0.139. The molecular formula is C17H16O3. The maximum Gasteiger partial charge on any atom is 0.304 e. The molecule has 1 aliphatic rings. The van der Waals surface area contributed by atoms with Crippen LogP contribution in [0.25, 0.3) is 0 Å². The van der Waals surface area contributed by atoms with Crippen LogP contribution < -0.4 is 0 Å². The first kappa shape index (κ1) is 12.9. The predicted molar refractivity (Wildman–Crippen MR) is 75.6 cm³/mol. The fraction of sp³-hybridized carbons (Fsp3) is 0.235. The first-order chi connectivity index (χ1) is 9.72. The molecule has 102 valence electrons. The summed E-state index contributed by atoms with van der Waals surface area (Å²) in [6, 6.07) is 17.7. The van der Waals surface area contributed by atoms with E-state index < -0.39 is 11.4 Å². The van der Waals surface area contributed by atoms with Gasteiger partial charge in [0.1, 0.15) is 0 Å². The Hall–Kier alpha value is -2.13. The summed E-state index contributed by atoms with van der Waals surface area (Å²) in [5, 5.41) is 9.36. The highest BCUT2D eigenvalue weighted by molar-refractivity contribution is 5.71. The minimum absolute atomic E-state index is 0.0357. The van der Waals surface area contributed by atoms with Crippen LogP contribution >= 0.6 is 0 Å². The summed E-state index contributed by atoms with van der Waals surface area (Å²) >= 11 is 0. The van der Waals surface area contributed by atoms with Gasteiger partial charge in [-0.2, -0.15) is 0 Å². The topological polar surface area (TPSA) is 46.5 Å². The van der Waals surface area contributed by atoms with E-state index in [2.05, 4.69) is 0 Å². The van der Waals surface area contributed by atoms with Crippen molar-refractivity contribution in [1.82, 2.24) is 0 Å². The van der Waals surface area contributed by atoms with E-state index >= 15 is 0 Å². The van der Waals surface area contributed by atoms with Crippen molar-refractivity contribution < 1.29 is 14.6 Å². The summed E-state index contributed by atoms with van der Waals surface area (Å²) < 4.78 is 5.70. The monoisotopic (exact) mass is 268 g/mol. The van der Waals surface area contributed by atoms with E-state index in [-0.39, 0.29) is 6.42 Å². The number of carbonyl (C=O) groups is 1. The standard InChI is InChI=1S/C17H16O3/c18-16(19)10-17(14-7-2-1-3-8-14)12-20-11-13-6-4-5-9-15(13)17/h1-9H,10-12H2,(H,18,19)/t17-/m1/s1. The zero-order chi connectivity index (χ0) is 14.0. The van der Waals surface area contributed by atoms with E-state index in [1.807, 2.05) is 54.6 Å². The van der Waals surface area contributed by atoms with Gasteiger partial charge < -0.3 is 9.84 Å². The second-order valence-electron chi connectivity index (χ2n) is 5.17. The molecule has 0 spiro atoms. The zero-order valence-corrected chi connectivity index (χ0v) is 11.1. The maximum atomic E-state index is 11.4. The van der Waals surface area contributed by atoms with Gasteiger partial charge in [0.2, 0.25) is 0 Å². The number of hydrogen-bond acceptors (Lipinski definition) is 2. The van der Waals surface area contributed by atoms with Gasteiger partial charge in [-0.25, -0.2) is 0 Å². The number of rotatable bonds is 3. The van der Waals surface area contributed by atoms with Crippen LogP contribution in [-0.2, 0) is 21.6 Å². The normalized spacial score (nSPS) is 21.2. The summed E-state index contributed by atoms with van der Waals surface area (Å²) in [6.45, 7) is 0.949. The molecule has 2 aromatic rings. The lowest BCUT2D eigenvalue weighted by Crippen LogP contribution is -2.39. The molecule has 0 amide bonds. The smallest absolute Gasteiger partial charge is 0.304 e. The van der Waals surface area contributed by atoms with Crippen molar-refractivity contribution in [3.05, 3.63) is 71.3 Å². The van der Waals surface area contributed by atoms with E-state index in [1.54, 1.807) is 0 Å². The van der Waals surface area contributed by atoms with Crippen LogP contribution in [0.4, 0.5) is 0 Å². The number of benzene rings is 2. The largest absolute Gasteiger partial charge is 0.481 e. The molecule has 0 fully saturated rings. The van der Waals surface area contributed by atoms with Crippen LogP contribution in [0.15, 0.2) is 54.6 Å². The van der Waals surface area contributed by atoms with Gasteiger partial charge in [0.15, 0.2) is 0 Å². The molecule has 0 saturated carbocycles. The number of carboxylic acid groups (broad SMARTS) is 1. The van der Waals surface area contributed by atoms with Gasteiger partial charge in [-0.1, -0.05) is 54.6 Å². The van der Waals surface area contributed by atoms with Crippen molar-refractivity contribution in [3.8, 4) is 0 Å². The summed E-state index contributed by atoms with van der Waals surface area (Å²) in [5.74, 6) is -0.811. The Balaban J connectivity index is 2.20. The van der Waals surface area contributed by atoms with Crippen LogP contribution in [0, 0.1) is 0 Å². The number of ether oxygens (including phenoxy) is 1. The van der Waals surface area contributed by atoms with E-state index in [9.17, 15) is 9.90 Å². The van der Waals surface area contributed by atoms with Gasteiger partial charge in [0, 0.05) is 0 Å². The lowest BCUT2D eigenvalue weighted by Gasteiger charge is -2.38. The second kappa shape index (κ2) is 5.10. The minimum atomic E-state index is -0.811. The number of fused-ring (bicyclic) bond motifs is 1. The molecule has 0 saturated heterocycles. The Morgan fingerprint density at radius 1 is 1.10 bits per heavy atom. The molecule has 0 bridgehead atoms. The number of hydrogen-bond donors (Lipinski definition) is 1. The fourth-order valence-corrected chi connectivity index (χ4v) is 3.03. The third-order valence-electron chi connectivity index (χ3n) is 3.92. The number of aliphatic carboxylic acids is 1. The molecule has 1 atom stereocenters. The molecule has 3 rings (SSSR count). The van der Waals surface area contributed by atoms with Crippen molar-refractivity contribution in [2.24, 2.45) is 0 Å². The van der Waals surface area contributed by atoms with Gasteiger partial charge >= 0.3 is 5.97 Å². The molecule has 1 aliphatic heterocycles. The third kappa shape index (κ3) is 2.10. The molecule has 1 N–H and O–H groups in total. The molecule has 0 aliphatic carbocycles. The summed E-state index contributed by atoms with van der Waals surface area (Å²) in [4.78, 5) is 11.4. The lowest BCUT2D eigenvalue weighted by atomic mass is 9.70. The van der Waals surface area contributed by atoms with Crippen LogP contribution in [0.1, 0.15) is 23.1 Å². The zero-order valence-electron chi connectivity index (χ0n) is 11.1. The molecule has 3 nitrogen and oxygen atoms in total. The van der Waals surface area contributed by atoms with E-state index in [0.29, 0.717) is 13.2 Å². The molecular weight excluding hydrogens is 252 g/mol. The number of carboxylic acids is 1. The fourth-order valence-electron chi connectivity index (χ4n) is 3.03. The van der Waals surface area contributed by atoms with Gasteiger partial charge in [-0.3, -0.25) is 4.79 Å². The first-order valence-electron chi connectivity index (χ1n) is 6.66. The van der Waals surface area contributed by atoms with Gasteiger partial charge in [-0.15, -0.1) is 0 Å². The van der Waals surface area contributed by atoms with Gasteiger partial charge in [0.05, 0.1) is 25.0 Å². The van der Waals surface area contributed by atoms with Gasteiger partial charge in [0.25, 0.3) is 0 Å². The molecule has 0 unspecified atom stereocenters. The van der Waals surface area contributed by atoms with Crippen molar-refractivity contribution in [3.63, 3.8) is 0 Å². The molecule has 20 heavy (non-hydrogen) atoms. The van der Waals surface area contributed by atoms with E-state index in [0.717, 1.165) is 16.7 Å². The van der Waals surface area contributed by atoms with Crippen molar-refractivity contribution in [2.75, 3.05) is 6.61 Å². The van der Waals surface area contributed by atoms with Crippen LogP contribution in [0.2, 0.25) is 0 Å². The highest BCUT2D eigenvalue weighted by atomic mass is 16.5. The summed E-state index contributed by atoms with van der Waals surface area (Å²) in [6.07, 6.45) is 0.0357.